The second-order valence-electron chi connectivity index (χ2n) is 5.33. The maximum absolute atomic E-state index is 4.75. The molecule has 0 bridgehead atoms. The van der Waals surface area contributed by atoms with Crippen LogP contribution in [0.15, 0.2) is 23.6 Å². The van der Waals surface area contributed by atoms with E-state index in [4.69, 9.17) is 4.98 Å². The van der Waals surface area contributed by atoms with Crippen molar-refractivity contribution < 1.29 is 0 Å². The Labute approximate surface area is 131 Å². The molecule has 0 amide bonds. The van der Waals surface area contributed by atoms with E-state index in [0.717, 1.165) is 36.8 Å². The predicted octanol–water partition coefficient (Wildman–Crippen LogP) is 3.95. The number of nitrogens with zero attached hydrogens (tertiary/aromatic N) is 3. The van der Waals surface area contributed by atoms with Gasteiger partial charge < -0.3 is 10.2 Å². The fraction of sp³-hybridized carbons (Fsp3) is 0.500. The molecular formula is C16H24N4S. The first kappa shape index (κ1) is 15.8. The van der Waals surface area contributed by atoms with Crippen LogP contribution in [0.3, 0.4) is 0 Å². The van der Waals surface area contributed by atoms with E-state index in [2.05, 4.69) is 53.5 Å². The van der Waals surface area contributed by atoms with Crippen LogP contribution in [0, 0.1) is 0 Å². The number of rotatable bonds is 7. The van der Waals surface area contributed by atoms with E-state index in [1.807, 2.05) is 13.1 Å². The minimum absolute atomic E-state index is 0.390. The van der Waals surface area contributed by atoms with E-state index >= 15 is 0 Å². The quantitative estimate of drug-likeness (QED) is 0.841. The molecule has 0 atom stereocenters. The standard InChI is InChI=1S/C16H24N4S/c1-5-7-14-18-15(17-4)10-16(19-14)20(12(2)3)11-13-8-6-9-21-13/h6,8-10,12H,5,7,11H2,1-4H3,(H,17,18,19). The first-order valence-electron chi connectivity index (χ1n) is 7.48. The van der Waals surface area contributed by atoms with E-state index in [1.165, 1.54) is 4.88 Å². The Morgan fingerprint density at radius 2 is 2.14 bits per heavy atom. The van der Waals surface area contributed by atoms with Crippen molar-refractivity contribution in [3.63, 3.8) is 0 Å². The molecule has 5 heteroatoms. The molecule has 0 saturated heterocycles. The highest BCUT2D eigenvalue weighted by molar-refractivity contribution is 7.09. The lowest BCUT2D eigenvalue weighted by Gasteiger charge is -2.28. The normalized spacial score (nSPS) is 10.9. The van der Waals surface area contributed by atoms with Crippen LogP contribution in [-0.2, 0) is 13.0 Å². The summed E-state index contributed by atoms with van der Waals surface area (Å²) < 4.78 is 0. The van der Waals surface area contributed by atoms with Gasteiger partial charge in [0.05, 0.1) is 6.54 Å². The van der Waals surface area contributed by atoms with Gasteiger partial charge in [-0.2, -0.15) is 0 Å². The minimum Gasteiger partial charge on any atom is -0.373 e. The van der Waals surface area contributed by atoms with Gasteiger partial charge >= 0.3 is 0 Å². The highest BCUT2D eigenvalue weighted by atomic mass is 32.1. The van der Waals surface area contributed by atoms with Gasteiger partial charge in [0.2, 0.25) is 0 Å². The summed E-state index contributed by atoms with van der Waals surface area (Å²) in [4.78, 5) is 13.0. The zero-order chi connectivity index (χ0) is 15.2. The zero-order valence-electron chi connectivity index (χ0n) is 13.3. The molecule has 0 aliphatic rings. The van der Waals surface area contributed by atoms with E-state index in [-0.39, 0.29) is 0 Å². The van der Waals surface area contributed by atoms with Crippen molar-refractivity contribution in [1.29, 1.82) is 0 Å². The van der Waals surface area contributed by atoms with Gasteiger partial charge in [0.15, 0.2) is 0 Å². The fourth-order valence-corrected chi connectivity index (χ4v) is 2.89. The molecule has 0 aromatic carbocycles. The summed E-state index contributed by atoms with van der Waals surface area (Å²) in [5.74, 6) is 2.80. The molecule has 2 aromatic rings. The minimum atomic E-state index is 0.390. The highest BCUT2D eigenvalue weighted by Crippen LogP contribution is 2.22. The molecule has 2 rings (SSSR count). The molecule has 2 heterocycles. The Bertz CT molecular complexity index is 551. The van der Waals surface area contributed by atoms with Gasteiger partial charge in [0, 0.05) is 30.5 Å². The molecule has 0 aliphatic heterocycles. The molecule has 0 aliphatic carbocycles. The molecule has 2 aromatic heterocycles. The van der Waals surface area contributed by atoms with E-state index in [9.17, 15) is 0 Å². The van der Waals surface area contributed by atoms with Gasteiger partial charge in [-0.05, 0) is 31.7 Å². The molecule has 0 radical (unpaired) electrons. The van der Waals surface area contributed by atoms with Crippen LogP contribution in [0.5, 0.6) is 0 Å². The van der Waals surface area contributed by atoms with E-state index in [1.54, 1.807) is 11.3 Å². The Balaban J connectivity index is 2.32. The molecule has 21 heavy (non-hydrogen) atoms. The summed E-state index contributed by atoms with van der Waals surface area (Å²) in [5, 5.41) is 5.26. The van der Waals surface area contributed by atoms with E-state index in [0.29, 0.717) is 6.04 Å². The number of thiophene rings is 1. The van der Waals surface area contributed by atoms with Gasteiger partial charge in [-0.25, -0.2) is 9.97 Å². The van der Waals surface area contributed by atoms with Crippen molar-refractivity contribution in [3.05, 3.63) is 34.3 Å². The van der Waals surface area contributed by atoms with Gasteiger partial charge in [-0.1, -0.05) is 13.0 Å². The van der Waals surface area contributed by atoms with Crippen LogP contribution < -0.4 is 10.2 Å². The number of aryl methyl sites for hydroxylation is 1. The monoisotopic (exact) mass is 304 g/mol. The van der Waals surface area contributed by atoms with Crippen molar-refractivity contribution in [2.24, 2.45) is 0 Å². The van der Waals surface area contributed by atoms with Crippen molar-refractivity contribution in [2.75, 3.05) is 17.3 Å². The smallest absolute Gasteiger partial charge is 0.134 e. The van der Waals surface area contributed by atoms with Crippen LogP contribution in [0.1, 0.15) is 37.9 Å². The molecule has 114 valence electrons. The Kier molecular flexibility index (Phi) is 5.56. The van der Waals surface area contributed by atoms with Crippen LogP contribution in [-0.4, -0.2) is 23.1 Å². The van der Waals surface area contributed by atoms with Crippen molar-refractivity contribution in [1.82, 2.24) is 9.97 Å². The lowest BCUT2D eigenvalue weighted by molar-refractivity contribution is 0.671. The lowest BCUT2D eigenvalue weighted by Crippen LogP contribution is -2.31. The van der Waals surface area contributed by atoms with Crippen molar-refractivity contribution in [2.45, 2.75) is 46.2 Å². The van der Waals surface area contributed by atoms with E-state index < -0.39 is 0 Å². The molecule has 4 nitrogen and oxygen atoms in total. The second kappa shape index (κ2) is 7.41. The van der Waals surface area contributed by atoms with Crippen molar-refractivity contribution >= 4 is 23.0 Å². The average molecular weight is 304 g/mol. The van der Waals surface area contributed by atoms with Gasteiger partial charge in [0.1, 0.15) is 17.5 Å². The predicted molar refractivity (Wildman–Crippen MR) is 91.2 cm³/mol. The third-order valence-electron chi connectivity index (χ3n) is 3.31. The zero-order valence-corrected chi connectivity index (χ0v) is 14.1. The summed E-state index contributed by atoms with van der Waals surface area (Å²) in [6.45, 7) is 7.45. The third kappa shape index (κ3) is 4.17. The summed E-state index contributed by atoms with van der Waals surface area (Å²) in [5.41, 5.74) is 0. The SMILES string of the molecule is CCCc1nc(NC)cc(N(Cc2cccs2)C(C)C)n1. The van der Waals surface area contributed by atoms with Crippen LogP contribution in [0.2, 0.25) is 0 Å². The van der Waals surface area contributed by atoms with Crippen molar-refractivity contribution in [3.8, 4) is 0 Å². The largest absolute Gasteiger partial charge is 0.373 e. The highest BCUT2D eigenvalue weighted by Gasteiger charge is 2.15. The number of aromatic nitrogens is 2. The van der Waals surface area contributed by atoms with Gasteiger partial charge in [-0.3, -0.25) is 0 Å². The molecule has 1 N–H and O–H groups in total. The Morgan fingerprint density at radius 3 is 2.71 bits per heavy atom. The summed E-state index contributed by atoms with van der Waals surface area (Å²) in [6.07, 6.45) is 1.96. The Morgan fingerprint density at radius 1 is 1.33 bits per heavy atom. The summed E-state index contributed by atoms with van der Waals surface area (Å²) >= 11 is 1.79. The van der Waals surface area contributed by atoms with Gasteiger partial charge in [-0.15, -0.1) is 11.3 Å². The summed E-state index contributed by atoms with van der Waals surface area (Å²) in [6, 6.07) is 6.70. The maximum Gasteiger partial charge on any atom is 0.134 e. The second-order valence-corrected chi connectivity index (χ2v) is 6.36. The molecule has 0 spiro atoms. The molecule has 0 fully saturated rings. The topological polar surface area (TPSA) is 41.1 Å². The van der Waals surface area contributed by atoms with Crippen LogP contribution in [0.25, 0.3) is 0 Å². The van der Waals surface area contributed by atoms with Crippen LogP contribution >= 0.6 is 11.3 Å². The summed E-state index contributed by atoms with van der Waals surface area (Å²) in [7, 11) is 1.90. The van der Waals surface area contributed by atoms with Gasteiger partial charge in [0.25, 0.3) is 0 Å². The number of hydrogen-bond acceptors (Lipinski definition) is 5. The Hall–Kier alpha value is -1.62. The molecule has 0 saturated carbocycles. The number of anilines is 2. The van der Waals surface area contributed by atoms with Crippen LogP contribution in [0.4, 0.5) is 11.6 Å². The fourth-order valence-electron chi connectivity index (χ4n) is 2.19. The maximum atomic E-state index is 4.75. The third-order valence-corrected chi connectivity index (χ3v) is 4.17. The number of nitrogens with one attached hydrogen (secondary N) is 1. The molecular weight excluding hydrogens is 280 g/mol. The first-order valence-corrected chi connectivity index (χ1v) is 8.36. The number of hydrogen-bond donors (Lipinski definition) is 1. The average Bonchev–Trinajstić information content (AvgIpc) is 2.97. The molecule has 0 unspecified atom stereocenters. The first-order chi connectivity index (χ1) is 10.1. The lowest BCUT2D eigenvalue weighted by atomic mass is 10.2.